The second-order valence-electron chi connectivity index (χ2n) is 9.81. The minimum Gasteiger partial charge on any atom is -0.456 e. The van der Waals surface area contributed by atoms with Gasteiger partial charge in [-0.3, -0.25) is 0 Å². The van der Waals surface area contributed by atoms with Gasteiger partial charge in [-0.25, -0.2) is 0 Å². The maximum atomic E-state index is 6.47. The van der Waals surface area contributed by atoms with E-state index in [2.05, 4.69) is 114 Å². The van der Waals surface area contributed by atoms with Crippen LogP contribution in [0, 0.1) is 0 Å². The van der Waals surface area contributed by atoms with Gasteiger partial charge in [-0.05, 0) is 76.9 Å². The quantitative estimate of drug-likeness (QED) is 0.241. The fourth-order valence-electron chi connectivity index (χ4n) is 5.55. The number of nitrogens with zero attached hydrogens (tertiary/aromatic N) is 1. The number of para-hydroxylation sites is 3. The fraction of sp³-hybridized carbons (Fsp3) is 0. The summed E-state index contributed by atoms with van der Waals surface area (Å²) >= 11 is 0. The van der Waals surface area contributed by atoms with Crippen LogP contribution in [0.15, 0.2) is 144 Å². The number of fused-ring (bicyclic) bond motifs is 5. The lowest BCUT2D eigenvalue weighted by molar-refractivity contribution is 0.477. The Morgan fingerprint density at radius 3 is 1.95 bits per heavy atom. The molecule has 0 unspecified atom stereocenters. The van der Waals surface area contributed by atoms with E-state index >= 15 is 0 Å². The summed E-state index contributed by atoms with van der Waals surface area (Å²) in [7, 11) is 0. The van der Waals surface area contributed by atoms with Crippen molar-refractivity contribution in [2.45, 2.75) is 0 Å². The average molecular weight is 502 g/mol. The number of ether oxygens (including phenoxy) is 1. The van der Waals surface area contributed by atoms with Gasteiger partial charge in [0, 0.05) is 16.5 Å². The van der Waals surface area contributed by atoms with Crippen LogP contribution in [0.25, 0.3) is 44.2 Å². The summed E-state index contributed by atoms with van der Waals surface area (Å²) in [6, 6.07) is 48.4. The van der Waals surface area contributed by atoms with Crippen LogP contribution in [0.3, 0.4) is 0 Å². The van der Waals surface area contributed by atoms with Gasteiger partial charge in [0.05, 0.1) is 11.4 Å². The lowest BCUT2D eigenvalue weighted by Crippen LogP contribution is -2.15. The van der Waals surface area contributed by atoms with E-state index < -0.39 is 0 Å². The molecule has 8 rings (SSSR count). The average Bonchev–Trinajstić information content (AvgIpc) is 3.38. The Labute approximate surface area is 226 Å². The van der Waals surface area contributed by atoms with Crippen LogP contribution in [-0.2, 0) is 0 Å². The van der Waals surface area contributed by atoms with E-state index in [1.165, 1.54) is 11.1 Å². The summed E-state index contributed by atoms with van der Waals surface area (Å²) in [4.78, 5) is 2.28. The molecular formula is C36H23NO2. The molecule has 0 bridgehead atoms. The Kier molecular flexibility index (Phi) is 4.82. The van der Waals surface area contributed by atoms with E-state index in [0.717, 1.165) is 61.6 Å². The van der Waals surface area contributed by atoms with Crippen LogP contribution in [0.1, 0.15) is 0 Å². The Morgan fingerprint density at radius 1 is 0.410 bits per heavy atom. The molecule has 0 N–H and O–H groups in total. The van der Waals surface area contributed by atoms with Gasteiger partial charge >= 0.3 is 0 Å². The molecule has 0 radical (unpaired) electrons. The second kappa shape index (κ2) is 8.64. The van der Waals surface area contributed by atoms with Crippen LogP contribution >= 0.6 is 0 Å². The molecule has 184 valence electrons. The van der Waals surface area contributed by atoms with Crippen molar-refractivity contribution >= 4 is 39.0 Å². The first-order chi connectivity index (χ1) is 19.3. The molecule has 0 saturated carbocycles. The highest BCUT2D eigenvalue weighted by Gasteiger charge is 2.26. The molecule has 7 aromatic rings. The van der Waals surface area contributed by atoms with Gasteiger partial charge in [0.1, 0.15) is 11.2 Å². The van der Waals surface area contributed by atoms with E-state index in [1.807, 2.05) is 30.3 Å². The molecule has 0 amide bonds. The molecule has 6 aromatic carbocycles. The van der Waals surface area contributed by atoms with Crippen molar-refractivity contribution in [3.8, 4) is 33.8 Å². The first-order valence-electron chi connectivity index (χ1n) is 13.1. The van der Waals surface area contributed by atoms with E-state index in [-0.39, 0.29) is 0 Å². The number of hydrogen-bond donors (Lipinski definition) is 0. The fourth-order valence-corrected chi connectivity index (χ4v) is 5.55. The molecule has 1 aliphatic rings. The zero-order chi connectivity index (χ0) is 25.8. The Morgan fingerprint density at radius 2 is 1.05 bits per heavy atom. The molecule has 0 spiro atoms. The highest BCUT2D eigenvalue weighted by atomic mass is 16.5. The maximum absolute atomic E-state index is 6.47. The van der Waals surface area contributed by atoms with Crippen LogP contribution in [0.5, 0.6) is 11.5 Å². The smallest absolute Gasteiger partial charge is 0.152 e. The van der Waals surface area contributed by atoms with Crippen LogP contribution in [-0.4, -0.2) is 0 Å². The zero-order valence-electron chi connectivity index (χ0n) is 21.0. The zero-order valence-corrected chi connectivity index (χ0v) is 21.0. The highest BCUT2D eigenvalue weighted by Crippen LogP contribution is 2.51. The molecule has 0 fully saturated rings. The predicted octanol–water partition coefficient (Wildman–Crippen LogP) is 10.5. The third kappa shape index (κ3) is 3.59. The van der Waals surface area contributed by atoms with Crippen molar-refractivity contribution in [1.82, 2.24) is 0 Å². The first-order valence-corrected chi connectivity index (χ1v) is 13.1. The maximum Gasteiger partial charge on any atom is 0.152 e. The summed E-state index contributed by atoms with van der Waals surface area (Å²) in [5.74, 6) is 1.67. The monoisotopic (exact) mass is 501 g/mol. The Hall–Kier alpha value is -5.28. The Balaban J connectivity index is 1.23. The minimum absolute atomic E-state index is 0.829. The lowest BCUT2D eigenvalue weighted by Gasteiger charge is -2.33. The molecule has 0 atom stereocenters. The van der Waals surface area contributed by atoms with E-state index in [9.17, 15) is 0 Å². The normalized spacial score (nSPS) is 12.3. The van der Waals surface area contributed by atoms with Crippen LogP contribution < -0.4 is 9.64 Å². The van der Waals surface area contributed by atoms with Crippen molar-refractivity contribution in [3.63, 3.8) is 0 Å². The van der Waals surface area contributed by atoms with Gasteiger partial charge in [-0.15, -0.1) is 0 Å². The van der Waals surface area contributed by atoms with Gasteiger partial charge < -0.3 is 14.1 Å². The standard InChI is InChI=1S/C36H23NO2/c1-2-8-24(9-3-1)25-14-18-28(19-15-25)37-31-11-5-7-13-35(31)39-36-23-27(16-20-32(36)37)26-17-21-34-30(22-26)29-10-4-6-12-33(29)38-34/h1-23H. The van der Waals surface area contributed by atoms with Crippen LogP contribution in [0.2, 0.25) is 0 Å². The number of anilines is 3. The summed E-state index contributed by atoms with van der Waals surface area (Å²) < 4.78 is 12.5. The first kappa shape index (κ1) is 21.8. The molecule has 3 heteroatoms. The molecule has 2 heterocycles. The number of furan rings is 1. The molecule has 3 nitrogen and oxygen atoms in total. The summed E-state index contributed by atoms with van der Waals surface area (Å²) in [5, 5.41) is 2.25. The van der Waals surface area contributed by atoms with E-state index in [4.69, 9.17) is 9.15 Å². The number of rotatable bonds is 3. The SMILES string of the molecule is c1ccc(-c2ccc(N3c4ccccc4Oc4cc(-c5ccc6oc7ccccc7c6c5)ccc43)cc2)cc1. The molecular weight excluding hydrogens is 478 g/mol. The summed E-state index contributed by atoms with van der Waals surface area (Å²) in [6.45, 7) is 0. The Bertz CT molecular complexity index is 1990. The molecule has 39 heavy (non-hydrogen) atoms. The van der Waals surface area contributed by atoms with Gasteiger partial charge in [0.15, 0.2) is 11.5 Å². The largest absolute Gasteiger partial charge is 0.456 e. The van der Waals surface area contributed by atoms with E-state index in [1.54, 1.807) is 0 Å². The molecule has 1 aliphatic heterocycles. The van der Waals surface area contributed by atoms with Crippen molar-refractivity contribution in [1.29, 1.82) is 0 Å². The third-order valence-corrected chi connectivity index (χ3v) is 7.47. The van der Waals surface area contributed by atoms with Gasteiger partial charge in [-0.1, -0.05) is 84.9 Å². The van der Waals surface area contributed by atoms with Crippen molar-refractivity contribution < 1.29 is 9.15 Å². The molecule has 0 aliphatic carbocycles. The van der Waals surface area contributed by atoms with Crippen molar-refractivity contribution in [2.75, 3.05) is 4.90 Å². The minimum atomic E-state index is 0.829. The van der Waals surface area contributed by atoms with Crippen molar-refractivity contribution in [2.24, 2.45) is 0 Å². The van der Waals surface area contributed by atoms with Crippen molar-refractivity contribution in [3.05, 3.63) is 140 Å². The molecule has 0 saturated heterocycles. The number of hydrogen-bond acceptors (Lipinski definition) is 3. The van der Waals surface area contributed by atoms with Gasteiger partial charge in [0.25, 0.3) is 0 Å². The van der Waals surface area contributed by atoms with Crippen LogP contribution in [0.4, 0.5) is 17.1 Å². The topological polar surface area (TPSA) is 25.6 Å². The summed E-state index contributed by atoms with van der Waals surface area (Å²) in [5.41, 5.74) is 9.55. The summed E-state index contributed by atoms with van der Waals surface area (Å²) in [6.07, 6.45) is 0. The second-order valence-corrected chi connectivity index (χ2v) is 9.81. The lowest BCUT2D eigenvalue weighted by atomic mass is 10.0. The van der Waals surface area contributed by atoms with Gasteiger partial charge in [0.2, 0.25) is 0 Å². The third-order valence-electron chi connectivity index (χ3n) is 7.47. The van der Waals surface area contributed by atoms with Gasteiger partial charge in [-0.2, -0.15) is 0 Å². The highest BCUT2D eigenvalue weighted by molar-refractivity contribution is 6.06. The molecule has 1 aromatic heterocycles. The van der Waals surface area contributed by atoms with E-state index in [0.29, 0.717) is 0 Å². The number of benzene rings is 6. The predicted molar refractivity (Wildman–Crippen MR) is 159 cm³/mol.